The van der Waals surface area contributed by atoms with Crippen LogP contribution in [0.5, 0.6) is 0 Å². The number of hydrogen-bond acceptors (Lipinski definition) is 3. The van der Waals surface area contributed by atoms with E-state index in [1.165, 1.54) is 24.1 Å². The highest BCUT2D eigenvalue weighted by Crippen LogP contribution is 2.29. The van der Waals surface area contributed by atoms with Crippen LogP contribution in [0.4, 0.5) is 23.7 Å². The Morgan fingerprint density at radius 1 is 1.17 bits per heavy atom. The monoisotopic (exact) mass is 346 g/mol. The average molecular weight is 346 g/mol. The van der Waals surface area contributed by atoms with Gasteiger partial charge in [-0.1, -0.05) is 13.3 Å². The van der Waals surface area contributed by atoms with E-state index in [4.69, 9.17) is 0 Å². The van der Waals surface area contributed by atoms with E-state index in [1.807, 2.05) is 6.92 Å². The van der Waals surface area contributed by atoms with Crippen molar-refractivity contribution in [1.82, 2.24) is 4.90 Å². The number of esters is 1. The topological polar surface area (TPSA) is 58.6 Å². The Morgan fingerprint density at radius 2 is 1.79 bits per heavy atom. The maximum atomic E-state index is 12.5. The van der Waals surface area contributed by atoms with Gasteiger partial charge in [0.25, 0.3) is 0 Å². The minimum atomic E-state index is -4.42. The third kappa shape index (κ3) is 6.47. The number of rotatable bonds is 7. The molecule has 0 saturated carbocycles. The summed E-state index contributed by atoms with van der Waals surface area (Å²) in [7, 11) is 1.26. The summed E-state index contributed by atoms with van der Waals surface area (Å²) in [5, 5.41) is 2.54. The second-order valence-electron chi connectivity index (χ2n) is 5.17. The van der Waals surface area contributed by atoms with Gasteiger partial charge in [0.2, 0.25) is 0 Å². The van der Waals surface area contributed by atoms with Gasteiger partial charge < -0.3 is 15.0 Å². The van der Waals surface area contributed by atoms with E-state index < -0.39 is 23.7 Å². The Labute approximate surface area is 138 Å². The quantitative estimate of drug-likeness (QED) is 0.762. The third-order valence-corrected chi connectivity index (χ3v) is 3.35. The van der Waals surface area contributed by atoms with Crippen LogP contribution in [0.25, 0.3) is 0 Å². The largest absolute Gasteiger partial charge is 0.469 e. The molecular weight excluding hydrogens is 325 g/mol. The number of nitrogens with one attached hydrogen (secondary N) is 1. The Hall–Kier alpha value is -2.25. The van der Waals surface area contributed by atoms with Crippen LogP contribution in [-0.4, -0.2) is 37.1 Å². The van der Waals surface area contributed by atoms with Crippen LogP contribution in [0, 0.1) is 0 Å². The number of halogens is 3. The zero-order valence-corrected chi connectivity index (χ0v) is 13.7. The molecule has 0 unspecified atom stereocenters. The summed E-state index contributed by atoms with van der Waals surface area (Å²) in [6.45, 7) is 2.59. The third-order valence-electron chi connectivity index (χ3n) is 3.35. The van der Waals surface area contributed by atoms with Crippen LogP contribution >= 0.6 is 0 Å². The van der Waals surface area contributed by atoms with E-state index in [0.717, 1.165) is 25.0 Å². The van der Waals surface area contributed by atoms with Gasteiger partial charge in [-0.15, -0.1) is 0 Å². The van der Waals surface area contributed by atoms with Crippen LogP contribution in [0.2, 0.25) is 0 Å². The van der Waals surface area contributed by atoms with Gasteiger partial charge in [-0.3, -0.25) is 4.79 Å². The lowest BCUT2D eigenvalue weighted by Crippen LogP contribution is -2.37. The highest BCUT2D eigenvalue weighted by molar-refractivity contribution is 5.89. The van der Waals surface area contributed by atoms with E-state index in [1.54, 1.807) is 0 Å². The van der Waals surface area contributed by atoms with Crippen molar-refractivity contribution < 1.29 is 27.5 Å². The SMILES string of the molecule is CCCCN(CCC(=O)OC)C(=O)Nc1ccc(C(F)(F)F)cc1. The Bertz CT molecular complexity index is 544. The molecule has 0 aliphatic carbocycles. The maximum absolute atomic E-state index is 12.5. The number of urea groups is 1. The maximum Gasteiger partial charge on any atom is 0.416 e. The van der Waals surface area contributed by atoms with Gasteiger partial charge >= 0.3 is 18.2 Å². The number of alkyl halides is 3. The second-order valence-corrected chi connectivity index (χ2v) is 5.17. The molecule has 0 fully saturated rings. The molecule has 0 radical (unpaired) electrons. The van der Waals surface area contributed by atoms with Crippen molar-refractivity contribution in [2.45, 2.75) is 32.4 Å². The number of carbonyl (C=O) groups excluding carboxylic acids is 2. The summed E-state index contributed by atoms with van der Waals surface area (Å²) in [6, 6.07) is 3.73. The van der Waals surface area contributed by atoms with Crippen LogP contribution in [-0.2, 0) is 15.7 Å². The van der Waals surface area contributed by atoms with E-state index in [9.17, 15) is 22.8 Å². The Morgan fingerprint density at radius 3 is 2.29 bits per heavy atom. The zero-order chi connectivity index (χ0) is 18.2. The molecule has 1 rings (SSSR count). The minimum Gasteiger partial charge on any atom is -0.469 e. The normalized spacial score (nSPS) is 11.0. The molecule has 0 atom stereocenters. The van der Waals surface area contributed by atoms with Gasteiger partial charge in [0, 0.05) is 18.8 Å². The first-order valence-corrected chi connectivity index (χ1v) is 7.58. The molecule has 8 heteroatoms. The Balaban J connectivity index is 2.70. The molecule has 0 saturated heterocycles. The minimum absolute atomic E-state index is 0.0562. The molecule has 0 heterocycles. The standard InChI is InChI=1S/C16H21F3N2O3/c1-3-4-10-21(11-9-14(22)24-2)15(23)20-13-7-5-12(6-8-13)16(17,18)19/h5-8H,3-4,9-11H2,1-2H3,(H,20,23). The van der Waals surface area contributed by atoms with Gasteiger partial charge in [0.05, 0.1) is 19.1 Å². The number of nitrogens with zero attached hydrogens (tertiary/aromatic N) is 1. The molecule has 2 amide bonds. The molecule has 0 aromatic heterocycles. The lowest BCUT2D eigenvalue weighted by Gasteiger charge is -2.22. The highest BCUT2D eigenvalue weighted by Gasteiger charge is 2.30. The number of methoxy groups -OCH3 is 1. The lowest BCUT2D eigenvalue weighted by molar-refractivity contribution is -0.141. The summed E-state index contributed by atoms with van der Waals surface area (Å²) >= 11 is 0. The molecule has 1 N–H and O–H groups in total. The van der Waals surface area contributed by atoms with Crippen molar-refractivity contribution in [2.24, 2.45) is 0 Å². The van der Waals surface area contributed by atoms with Crippen LogP contribution in [0.1, 0.15) is 31.7 Å². The fourth-order valence-corrected chi connectivity index (χ4v) is 1.94. The molecule has 1 aromatic rings. The lowest BCUT2D eigenvalue weighted by atomic mass is 10.2. The van der Waals surface area contributed by atoms with Crippen molar-refractivity contribution >= 4 is 17.7 Å². The van der Waals surface area contributed by atoms with Crippen LogP contribution in [0.15, 0.2) is 24.3 Å². The predicted molar refractivity (Wildman–Crippen MR) is 83.6 cm³/mol. The first-order chi connectivity index (χ1) is 11.3. The van der Waals surface area contributed by atoms with Gasteiger partial charge in [0.1, 0.15) is 0 Å². The van der Waals surface area contributed by atoms with E-state index >= 15 is 0 Å². The zero-order valence-electron chi connectivity index (χ0n) is 13.7. The number of hydrogen-bond donors (Lipinski definition) is 1. The predicted octanol–water partition coefficient (Wildman–Crippen LogP) is 3.90. The molecule has 5 nitrogen and oxygen atoms in total. The molecule has 1 aromatic carbocycles. The van der Waals surface area contributed by atoms with Crippen molar-refractivity contribution in [1.29, 1.82) is 0 Å². The number of anilines is 1. The second kappa shape index (κ2) is 9.14. The summed E-state index contributed by atoms with van der Waals surface area (Å²) in [6.07, 6.45) is -2.75. The summed E-state index contributed by atoms with van der Waals surface area (Å²) in [5.41, 5.74) is -0.526. The van der Waals surface area contributed by atoms with E-state index in [2.05, 4.69) is 10.1 Å². The van der Waals surface area contributed by atoms with Crippen molar-refractivity contribution in [2.75, 3.05) is 25.5 Å². The van der Waals surface area contributed by atoms with Gasteiger partial charge in [0.15, 0.2) is 0 Å². The molecule has 0 bridgehead atoms. The molecule has 0 spiro atoms. The van der Waals surface area contributed by atoms with Crippen molar-refractivity contribution in [3.8, 4) is 0 Å². The van der Waals surface area contributed by atoms with Crippen LogP contribution in [0.3, 0.4) is 0 Å². The number of ether oxygens (including phenoxy) is 1. The van der Waals surface area contributed by atoms with Gasteiger partial charge in [-0.05, 0) is 30.7 Å². The van der Waals surface area contributed by atoms with Crippen molar-refractivity contribution in [3.05, 3.63) is 29.8 Å². The summed E-state index contributed by atoms with van der Waals surface area (Å²) < 4.78 is 42.1. The van der Waals surface area contributed by atoms with Gasteiger partial charge in [-0.25, -0.2) is 4.79 Å². The number of carbonyl (C=O) groups is 2. The first-order valence-electron chi connectivity index (χ1n) is 7.58. The molecular formula is C16H21F3N2O3. The molecule has 0 aliphatic rings. The fraction of sp³-hybridized carbons (Fsp3) is 0.500. The first kappa shape index (κ1) is 19.8. The molecule has 134 valence electrons. The fourth-order valence-electron chi connectivity index (χ4n) is 1.94. The number of benzene rings is 1. The van der Waals surface area contributed by atoms with Gasteiger partial charge in [-0.2, -0.15) is 13.2 Å². The Kier molecular flexibility index (Phi) is 7.54. The summed E-state index contributed by atoms with van der Waals surface area (Å²) in [4.78, 5) is 24.9. The highest BCUT2D eigenvalue weighted by atomic mass is 19.4. The average Bonchev–Trinajstić information content (AvgIpc) is 2.54. The number of amides is 2. The smallest absolute Gasteiger partial charge is 0.416 e. The van der Waals surface area contributed by atoms with E-state index in [0.29, 0.717) is 6.54 Å². The van der Waals surface area contributed by atoms with E-state index in [-0.39, 0.29) is 18.7 Å². The molecule has 0 aliphatic heterocycles. The number of unbranched alkanes of at least 4 members (excludes halogenated alkanes) is 1. The van der Waals surface area contributed by atoms with Crippen molar-refractivity contribution in [3.63, 3.8) is 0 Å². The molecule has 24 heavy (non-hydrogen) atoms. The summed E-state index contributed by atoms with van der Waals surface area (Å²) in [5.74, 6) is -0.432. The van der Waals surface area contributed by atoms with Crippen LogP contribution < -0.4 is 5.32 Å².